The molecule has 1 aromatic rings. The van der Waals surface area contributed by atoms with Crippen LogP contribution in [0, 0.1) is 0 Å². The van der Waals surface area contributed by atoms with E-state index >= 15 is 0 Å². The van der Waals surface area contributed by atoms with Gasteiger partial charge >= 0.3 is 6.61 Å². The van der Waals surface area contributed by atoms with Crippen molar-refractivity contribution in [1.82, 2.24) is 10.6 Å². The number of carbonyl (C=O) groups is 1. The van der Waals surface area contributed by atoms with Gasteiger partial charge < -0.3 is 20.3 Å². The molecule has 1 atom stereocenters. The first kappa shape index (κ1) is 15.7. The second-order valence-electron chi connectivity index (χ2n) is 4.31. The van der Waals surface area contributed by atoms with Gasteiger partial charge in [-0.1, -0.05) is 6.07 Å². The van der Waals surface area contributed by atoms with Crippen LogP contribution in [0.3, 0.4) is 0 Å². The molecule has 0 fully saturated rings. The van der Waals surface area contributed by atoms with Crippen molar-refractivity contribution < 1.29 is 28.5 Å². The molecule has 1 amide bonds. The van der Waals surface area contributed by atoms with Gasteiger partial charge in [-0.15, -0.1) is 0 Å². The molecule has 0 aromatic heterocycles. The van der Waals surface area contributed by atoms with Gasteiger partial charge in [0.2, 0.25) is 0 Å². The summed E-state index contributed by atoms with van der Waals surface area (Å²) in [6, 6.07) is 3.70. The number of alkyl halides is 2. The van der Waals surface area contributed by atoms with Crippen LogP contribution in [0.1, 0.15) is 5.56 Å². The van der Waals surface area contributed by atoms with E-state index in [1.165, 1.54) is 18.5 Å². The predicted octanol–water partition coefficient (Wildman–Crippen LogP) is 0.966. The van der Waals surface area contributed by atoms with Gasteiger partial charge in [0.1, 0.15) is 5.76 Å². The second-order valence-corrected chi connectivity index (χ2v) is 4.31. The lowest BCUT2D eigenvalue weighted by Crippen LogP contribution is -2.37. The highest BCUT2D eigenvalue weighted by atomic mass is 19.3. The highest BCUT2D eigenvalue weighted by Crippen LogP contribution is 2.28. The van der Waals surface area contributed by atoms with Crippen LogP contribution in [0.4, 0.5) is 8.78 Å². The maximum absolute atomic E-state index is 12.1. The fourth-order valence-corrected chi connectivity index (χ4v) is 1.73. The van der Waals surface area contributed by atoms with Gasteiger partial charge in [-0.2, -0.15) is 8.78 Å². The highest BCUT2D eigenvalue weighted by molar-refractivity contribution is 5.96. The van der Waals surface area contributed by atoms with Crippen molar-refractivity contribution >= 4 is 18.3 Å². The molecule has 4 N–H and O–H groups in total. The summed E-state index contributed by atoms with van der Waals surface area (Å²) in [6.07, 6.45) is 1.78. The van der Waals surface area contributed by atoms with E-state index in [0.717, 1.165) is 12.1 Å². The summed E-state index contributed by atoms with van der Waals surface area (Å²) in [5.41, 5.74) is 0.373. The standard InChI is InChI=1S/C13H13F2N3O4/c14-13(15)22-10-2-1-7(4-9(10)20)3-8(19)5-16-11-12(21)18-6-17-11/h1-4,6,11,13,16,19-20H,5H2,(H,17,18,21)/b8-3-. The Morgan fingerprint density at radius 1 is 1.55 bits per heavy atom. The fraction of sp³-hybridized carbons (Fsp3) is 0.231. The van der Waals surface area contributed by atoms with Gasteiger partial charge in [0.15, 0.2) is 17.7 Å². The molecule has 2 rings (SSSR count). The van der Waals surface area contributed by atoms with E-state index in [-0.39, 0.29) is 24.0 Å². The van der Waals surface area contributed by atoms with Crippen molar-refractivity contribution in [2.45, 2.75) is 12.8 Å². The van der Waals surface area contributed by atoms with E-state index in [1.54, 1.807) is 0 Å². The normalized spacial score (nSPS) is 17.9. The molecule has 0 bridgehead atoms. The van der Waals surface area contributed by atoms with Crippen LogP contribution in [0.25, 0.3) is 6.08 Å². The first-order valence-electron chi connectivity index (χ1n) is 6.18. The minimum absolute atomic E-state index is 0.0362. The number of hydrogen-bond acceptors (Lipinski definition) is 6. The maximum Gasteiger partial charge on any atom is 0.387 e. The molecular formula is C13H13F2N3O4. The van der Waals surface area contributed by atoms with Crippen LogP contribution in [-0.4, -0.2) is 41.8 Å². The highest BCUT2D eigenvalue weighted by Gasteiger charge is 2.19. The number of carbonyl (C=O) groups excluding carboxylic acids is 1. The van der Waals surface area contributed by atoms with Crippen LogP contribution >= 0.6 is 0 Å². The number of phenolic OH excluding ortho intramolecular Hbond substituents is 1. The third-order valence-electron chi connectivity index (χ3n) is 2.69. The first-order chi connectivity index (χ1) is 10.5. The number of nitrogens with one attached hydrogen (secondary N) is 2. The van der Waals surface area contributed by atoms with Gasteiger partial charge in [-0.25, -0.2) is 4.99 Å². The van der Waals surface area contributed by atoms with Gasteiger partial charge in [-0.05, 0) is 23.8 Å². The topological polar surface area (TPSA) is 103 Å². The van der Waals surface area contributed by atoms with Crippen LogP contribution in [0.2, 0.25) is 0 Å². The van der Waals surface area contributed by atoms with Gasteiger partial charge in [0.25, 0.3) is 5.91 Å². The summed E-state index contributed by atoms with van der Waals surface area (Å²) in [6.45, 7) is -3.08. The summed E-state index contributed by atoms with van der Waals surface area (Å²) < 4.78 is 28.2. The van der Waals surface area contributed by atoms with Gasteiger partial charge in [0, 0.05) is 0 Å². The third-order valence-corrected chi connectivity index (χ3v) is 2.69. The number of aliphatic hydroxyl groups excluding tert-OH is 1. The number of halogens is 2. The Morgan fingerprint density at radius 3 is 2.91 bits per heavy atom. The van der Waals surface area contributed by atoms with Gasteiger partial charge in [-0.3, -0.25) is 10.1 Å². The van der Waals surface area contributed by atoms with Crippen molar-refractivity contribution in [3.63, 3.8) is 0 Å². The number of aliphatic imine (C=N–C) groups is 1. The molecule has 1 aliphatic heterocycles. The zero-order valence-corrected chi connectivity index (χ0v) is 11.2. The fourth-order valence-electron chi connectivity index (χ4n) is 1.73. The zero-order chi connectivity index (χ0) is 16.1. The van der Waals surface area contributed by atoms with Crippen LogP contribution in [0.5, 0.6) is 11.5 Å². The van der Waals surface area contributed by atoms with E-state index in [1.807, 2.05) is 0 Å². The summed E-state index contributed by atoms with van der Waals surface area (Å²) in [5.74, 6) is -1.30. The summed E-state index contributed by atoms with van der Waals surface area (Å²) >= 11 is 0. The van der Waals surface area contributed by atoms with Crippen molar-refractivity contribution in [2.75, 3.05) is 6.54 Å². The molecular weight excluding hydrogens is 300 g/mol. The minimum atomic E-state index is -3.04. The zero-order valence-electron chi connectivity index (χ0n) is 11.2. The van der Waals surface area contributed by atoms with Crippen molar-refractivity contribution in [1.29, 1.82) is 0 Å². The molecule has 9 heteroatoms. The van der Waals surface area contributed by atoms with E-state index in [4.69, 9.17) is 0 Å². The van der Waals surface area contributed by atoms with Crippen molar-refractivity contribution in [3.05, 3.63) is 29.5 Å². The van der Waals surface area contributed by atoms with E-state index in [9.17, 15) is 23.8 Å². The smallest absolute Gasteiger partial charge is 0.387 e. The molecule has 118 valence electrons. The number of aromatic hydroxyl groups is 1. The first-order valence-corrected chi connectivity index (χ1v) is 6.18. The van der Waals surface area contributed by atoms with E-state index in [0.29, 0.717) is 5.56 Å². The molecule has 1 aromatic carbocycles. The van der Waals surface area contributed by atoms with Crippen LogP contribution < -0.4 is 15.4 Å². The Bertz CT molecular complexity index is 619. The predicted molar refractivity (Wildman–Crippen MR) is 73.8 cm³/mol. The van der Waals surface area contributed by atoms with Crippen LogP contribution in [-0.2, 0) is 4.79 Å². The number of phenols is 1. The van der Waals surface area contributed by atoms with Crippen molar-refractivity contribution in [2.24, 2.45) is 4.99 Å². The molecule has 1 unspecified atom stereocenters. The molecule has 0 aliphatic carbocycles. The van der Waals surface area contributed by atoms with Gasteiger partial charge in [0.05, 0.1) is 12.9 Å². The Labute approximate surface area is 123 Å². The summed E-state index contributed by atoms with van der Waals surface area (Å²) in [7, 11) is 0. The summed E-state index contributed by atoms with van der Waals surface area (Å²) in [4.78, 5) is 15.0. The SMILES string of the molecule is O=C1NC=NC1NC/C(O)=C/c1ccc(OC(F)F)c(O)c1. The van der Waals surface area contributed by atoms with Crippen molar-refractivity contribution in [3.8, 4) is 11.5 Å². The largest absolute Gasteiger partial charge is 0.511 e. The quantitative estimate of drug-likeness (QED) is 0.586. The summed E-state index contributed by atoms with van der Waals surface area (Å²) in [5, 5.41) is 24.3. The lowest BCUT2D eigenvalue weighted by Gasteiger charge is -2.09. The molecule has 0 radical (unpaired) electrons. The Balaban J connectivity index is 1.97. The monoisotopic (exact) mass is 313 g/mol. The number of ether oxygens (including phenoxy) is 1. The molecule has 22 heavy (non-hydrogen) atoms. The molecule has 0 saturated carbocycles. The molecule has 1 heterocycles. The lowest BCUT2D eigenvalue weighted by atomic mass is 10.2. The molecule has 0 saturated heterocycles. The van der Waals surface area contributed by atoms with Crippen LogP contribution in [0.15, 0.2) is 29.0 Å². The van der Waals surface area contributed by atoms with E-state index < -0.39 is 18.5 Å². The average molecular weight is 313 g/mol. The molecule has 1 aliphatic rings. The number of nitrogens with zero attached hydrogens (tertiary/aromatic N) is 1. The maximum atomic E-state index is 12.1. The van der Waals surface area contributed by atoms with E-state index in [2.05, 4.69) is 20.4 Å². The second kappa shape index (κ2) is 6.85. The average Bonchev–Trinajstić information content (AvgIpc) is 2.85. The number of benzene rings is 1. The number of aliphatic hydroxyl groups is 1. The minimum Gasteiger partial charge on any atom is -0.511 e. The molecule has 7 nitrogen and oxygen atoms in total. The number of rotatable bonds is 6. The third kappa shape index (κ3) is 4.16. The Kier molecular flexibility index (Phi) is 4.89. The lowest BCUT2D eigenvalue weighted by molar-refractivity contribution is -0.120. The molecule has 0 spiro atoms. The number of amides is 1. The Morgan fingerprint density at radius 2 is 2.32 bits per heavy atom. The number of hydrogen-bond donors (Lipinski definition) is 4. The Hall–Kier alpha value is -2.68.